The number of halogens is 2. The van der Waals surface area contributed by atoms with Crippen molar-refractivity contribution in [2.24, 2.45) is 0 Å². The van der Waals surface area contributed by atoms with Gasteiger partial charge in [0.25, 0.3) is 0 Å². The molecule has 0 unspecified atom stereocenters. The lowest BCUT2D eigenvalue weighted by Crippen LogP contribution is -2.23. The van der Waals surface area contributed by atoms with Crippen molar-refractivity contribution in [3.63, 3.8) is 0 Å². The van der Waals surface area contributed by atoms with Crippen LogP contribution < -0.4 is 10.9 Å². The predicted octanol–water partition coefficient (Wildman–Crippen LogP) is 2.80. The van der Waals surface area contributed by atoms with E-state index in [9.17, 15) is 9.18 Å². The molecule has 3 aromatic rings. The van der Waals surface area contributed by atoms with Gasteiger partial charge in [-0.05, 0) is 53.9 Å². The maximum atomic E-state index is 14.6. The zero-order valence-electron chi connectivity index (χ0n) is 12.2. The Morgan fingerprint density at radius 3 is 2.83 bits per heavy atom. The molecule has 0 aliphatic carbocycles. The Hall–Kier alpha value is -2.24. The Bertz CT molecular complexity index is 939. The maximum Gasteiger partial charge on any atom is 0.249 e. The number of aromatic amines is 1. The largest absolute Gasteiger partial charge is 0.312 e. The van der Waals surface area contributed by atoms with Crippen LogP contribution in [-0.4, -0.2) is 16.5 Å². The van der Waals surface area contributed by atoms with E-state index >= 15 is 0 Å². The third-order valence-corrected chi connectivity index (χ3v) is 4.10. The second-order valence-electron chi connectivity index (χ2n) is 5.47. The second kappa shape index (κ2) is 6.10. The first-order valence-electron chi connectivity index (χ1n) is 7.23. The number of rotatable bonds is 1. The standard InChI is InChI=1S/C17H14FN3O.ClH/c18-15-8-10-3-5-19-9-11(10)7-14(15)12-4-6-20-17-13(12)1-2-16(22)21-17;/h1-2,4,6-8,19H,3,5,9H2,(H,20,21,22);1H. The van der Waals surface area contributed by atoms with Gasteiger partial charge in [-0.25, -0.2) is 9.37 Å². The highest BCUT2D eigenvalue weighted by atomic mass is 35.5. The molecule has 0 fully saturated rings. The Morgan fingerprint density at radius 1 is 1.09 bits per heavy atom. The van der Waals surface area contributed by atoms with Crippen LogP contribution in [0.1, 0.15) is 11.1 Å². The fourth-order valence-electron chi connectivity index (χ4n) is 3.00. The number of benzene rings is 1. The monoisotopic (exact) mass is 331 g/mol. The molecule has 1 aromatic carbocycles. The van der Waals surface area contributed by atoms with Crippen molar-refractivity contribution in [1.29, 1.82) is 0 Å². The molecular weight excluding hydrogens is 317 g/mol. The number of hydrogen-bond donors (Lipinski definition) is 2. The molecule has 0 amide bonds. The fraction of sp³-hybridized carbons (Fsp3) is 0.176. The number of nitrogens with zero attached hydrogens (tertiary/aromatic N) is 1. The molecule has 4 rings (SSSR count). The Kier molecular flexibility index (Phi) is 4.15. The summed E-state index contributed by atoms with van der Waals surface area (Å²) in [5.74, 6) is -0.237. The number of pyridine rings is 2. The quantitative estimate of drug-likeness (QED) is 0.721. The lowest BCUT2D eigenvalue weighted by Gasteiger charge is -2.19. The average molecular weight is 332 g/mol. The number of fused-ring (bicyclic) bond motifs is 2. The summed E-state index contributed by atoms with van der Waals surface area (Å²) in [4.78, 5) is 18.2. The SMILES string of the molecule is Cl.O=c1ccc2c(-c3cc4c(cc3F)CCNC4)ccnc2[nH]1. The molecule has 0 radical (unpaired) electrons. The highest BCUT2D eigenvalue weighted by Crippen LogP contribution is 2.31. The number of H-pyrrole nitrogens is 1. The predicted molar refractivity (Wildman–Crippen MR) is 90.4 cm³/mol. The van der Waals surface area contributed by atoms with E-state index in [2.05, 4.69) is 15.3 Å². The number of nitrogens with one attached hydrogen (secondary N) is 2. The minimum Gasteiger partial charge on any atom is -0.312 e. The summed E-state index contributed by atoms with van der Waals surface area (Å²) in [6, 6.07) is 8.43. The van der Waals surface area contributed by atoms with E-state index in [0.717, 1.165) is 41.6 Å². The molecule has 6 heteroatoms. The lowest BCUT2D eigenvalue weighted by atomic mass is 9.94. The van der Waals surface area contributed by atoms with Crippen LogP contribution in [0, 0.1) is 5.82 Å². The van der Waals surface area contributed by atoms with Crippen molar-refractivity contribution in [2.75, 3.05) is 6.54 Å². The Balaban J connectivity index is 0.00000156. The Labute approximate surface area is 138 Å². The third-order valence-electron chi connectivity index (χ3n) is 4.10. The fourth-order valence-corrected chi connectivity index (χ4v) is 3.00. The summed E-state index contributed by atoms with van der Waals surface area (Å²) in [5.41, 5.74) is 3.73. The molecule has 0 spiro atoms. The highest BCUT2D eigenvalue weighted by Gasteiger charge is 2.16. The minimum absolute atomic E-state index is 0. The molecule has 1 aliphatic rings. The van der Waals surface area contributed by atoms with E-state index in [1.807, 2.05) is 6.07 Å². The molecule has 0 saturated heterocycles. The molecule has 23 heavy (non-hydrogen) atoms. The first-order valence-corrected chi connectivity index (χ1v) is 7.23. The van der Waals surface area contributed by atoms with Crippen LogP contribution in [0.5, 0.6) is 0 Å². The van der Waals surface area contributed by atoms with Gasteiger partial charge in [-0.1, -0.05) is 0 Å². The van der Waals surface area contributed by atoms with Crippen molar-refractivity contribution in [3.05, 3.63) is 63.8 Å². The molecule has 0 bridgehead atoms. The van der Waals surface area contributed by atoms with E-state index in [4.69, 9.17) is 0 Å². The van der Waals surface area contributed by atoms with E-state index < -0.39 is 0 Å². The van der Waals surface area contributed by atoms with Crippen LogP contribution in [0.15, 0.2) is 41.3 Å². The first kappa shape index (κ1) is 15.6. The molecule has 0 saturated carbocycles. The van der Waals surface area contributed by atoms with Gasteiger partial charge >= 0.3 is 0 Å². The first-order chi connectivity index (χ1) is 10.7. The number of hydrogen-bond acceptors (Lipinski definition) is 3. The van der Waals surface area contributed by atoms with Gasteiger partial charge in [0.15, 0.2) is 0 Å². The molecule has 4 nitrogen and oxygen atoms in total. The van der Waals surface area contributed by atoms with Gasteiger partial charge in [0.2, 0.25) is 5.56 Å². The van der Waals surface area contributed by atoms with Crippen LogP contribution in [0.25, 0.3) is 22.2 Å². The van der Waals surface area contributed by atoms with Crippen LogP contribution in [0.4, 0.5) is 4.39 Å². The summed E-state index contributed by atoms with van der Waals surface area (Å²) in [6.45, 7) is 1.63. The van der Waals surface area contributed by atoms with Crippen molar-refractivity contribution in [3.8, 4) is 11.1 Å². The summed E-state index contributed by atoms with van der Waals surface area (Å²) in [6.07, 6.45) is 2.43. The molecule has 118 valence electrons. The molecule has 1 aliphatic heterocycles. The highest BCUT2D eigenvalue weighted by molar-refractivity contribution is 5.92. The molecular formula is C17H15ClFN3O. The van der Waals surface area contributed by atoms with Crippen molar-refractivity contribution < 1.29 is 4.39 Å². The molecule has 0 atom stereocenters. The van der Waals surface area contributed by atoms with Crippen molar-refractivity contribution in [1.82, 2.24) is 15.3 Å². The van der Waals surface area contributed by atoms with E-state index in [1.165, 1.54) is 6.07 Å². The molecule has 3 heterocycles. The topological polar surface area (TPSA) is 57.8 Å². The molecule has 2 N–H and O–H groups in total. The van der Waals surface area contributed by atoms with E-state index in [0.29, 0.717) is 11.2 Å². The van der Waals surface area contributed by atoms with Gasteiger partial charge < -0.3 is 10.3 Å². The van der Waals surface area contributed by atoms with Gasteiger partial charge in [-0.3, -0.25) is 4.79 Å². The van der Waals surface area contributed by atoms with Crippen LogP contribution in [0.2, 0.25) is 0 Å². The van der Waals surface area contributed by atoms with Gasteiger partial charge in [0, 0.05) is 29.8 Å². The second-order valence-corrected chi connectivity index (χ2v) is 5.47. The van der Waals surface area contributed by atoms with Crippen molar-refractivity contribution in [2.45, 2.75) is 13.0 Å². The average Bonchev–Trinajstić information content (AvgIpc) is 2.53. The van der Waals surface area contributed by atoms with Crippen LogP contribution >= 0.6 is 12.4 Å². The van der Waals surface area contributed by atoms with Crippen LogP contribution in [-0.2, 0) is 13.0 Å². The normalized spacial score (nSPS) is 13.4. The smallest absolute Gasteiger partial charge is 0.249 e. The van der Waals surface area contributed by atoms with E-state index in [-0.39, 0.29) is 23.8 Å². The van der Waals surface area contributed by atoms with Gasteiger partial charge in [0.05, 0.1) is 0 Å². The zero-order chi connectivity index (χ0) is 15.1. The van der Waals surface area contributed by atoms with Gasteiger partial charge in [0.1, 0.15) is 11.5 Å². The summed E-state index contributed by atoms with van der Waals surface area (Å²) >= 11 is 0. The summed E-state index contributed by atoms with van der Waals surface area (Å²) in [5, 5.41) is 4.04. The van der Waals surface area contributed by atoms with Crippen LogP contribution in [0.3, 0.4) is 0 Å². The van der Waals surface area contributed by atoms with Crippen molar-refractivity contribution >= 4 is 23.4 Å². The molecule has 2 aromatic heterocycles. The third kappa shape index (κ3) is 2.73. The maximum absolute atomic E-state index is 14.6. The van der Waals surface area contributed by atoms with Gasteiger partial charge in [-0.2, -0.15) is 0 Å². The zero-order valence-corrected chi connectivity index (χ0v) is 13.0. The lowest BCUT2D eigenvalue weighted by molar-refractivity contribution is 0.609. The summed E-state index contributed by atoms with van der Waals surface area (Å²) in [7, 11) is 0. The summed E-state index contributed by atoms with van der Waals surface area (Å²) < 4.78 is 14.6. The van der Waals surface area contributed by atoms with E-state index in [1.54, 1.807) is 24.4 Å². The number of aromatic nitrogens is 2. The Morgan fingerprint density at radius 2 is 1.96 bits per heavy atom. The minimum atomic E-state index is -0.237. The van der Waals surface area contributed by atoms with Gasteiger partial charge in [-0.15, -0.1) is 12.4 Å².